The van der Waals surface area contributed by atoms with E-state index in [4.69, 9.17) is 34.8 Å². The van der Waals surface area contributed by atoms with Crippen LogP contribution in [0.1, 0.15) is 62.4 Å². The average molecular weight is 775 g/mol. The first-order chi connectivity index (χ1) is 24.4. The number of benzene rings is 3. The van der Waals surface area contributed by atoms with Crippen molar-refractivity contribution < 1.29 is 23.4 Å². The molecular formula is C37H42Cl3N5O5S. The van der Waals surface area contributed by atoms with E-state index in [1.54, 1.807) is 69.9 Å². The minimum atomic E-state index is -1.87. The first-order valence-electron chi connectivity index (χ1n) is 17.0. The molecule has 2 N–H and O–H groups in total. The summed E-state index contributed by atoms with van der Waals surface area (Å²) in [6, 6.07) is 15.9. The molecule has 3 aromatic carbocycles. The molecule has 272 valence electrons. The molecule has 4 atom stereocenters. The molecule has 2 aliphatic heterocycles. The number of carbonyl (C=O) groups is 4. The largest absolute Gasteiger partial charge is 0.346 e. The molecule has 0 aromatic heterocycles. The number of anilines is 1. The molecule has 2 heterocycles. The van der Waals surface area contributed by atoms with E-state index in [0.717, 1.165) is 11.5 Å². The molecule has 4 unspecified atom stereocenters. The summed E-state index contributed by atoms with van der Waals surface area (Å²) in [5.41, 5.74) is 1.72. The van der Waals surface area contributed by atoms with Crippen molar-refractivity contribution in [1.82, 2.24) is 19.4 Å². The lowest BCUT2D eigenvalue weighted by Crippen LogP contribution is -2.75. The molecule has 4 amide bonds. The van der Waals surface area contributed by atoms with Gasteiger partial charge in [0.25, 0.3) is 5.91 Å². The lowest BCUT2D eigenvalue weighted by atomic mass is 9.96. The summed E-state index contributed by atoms with van der Waals surface area (Å²) in [4.78, 5) is 55.3. The van der Waals surface area contributed by atoms with Gasteiger partial charge in [0.1, 0.15) is 29.2 Å². The van der Waals surface area contributed by atoms with Gasteiger partial charge in [0, 0.05) is 40.3 Å². The molecule has 51 heavy (non-hydrogen) atoms. The third-order valence-electron chi connectivity index (χ3n) is 9.41. The summed E-state index contributed by atoms with van der Waals surface area (Å²) >= 11 is 18.4. The van der Waals surface area contributed by atoms with Gasteiger partial charge in [-0.05, 0) is 79.9 Å². The number of piperazine rings is 1. The Morgan fingerprint density at radius 2 is 1.57 bits per heavy atom. The van der Waals surface area contributed by atoms with Crippen LogP contribution in [0.2, 0.25) is 15.1 Å². The van der Waals surface area contributed by atoms with Crippen LogP contribution in [0.5, 0.6) is 0 Å². The van der Waals surface area contributed by atoms with Gasteiger partial charge in [-0.2, -0.15) is 4.31 Å². The molecule has 0 spiro atoms. The fraction of sp³-hybridized carbons (Fsp3) is 0.405. The van der Waals surface area contributed by atoms with E-state index in [1.807, 2.05) is 13.8 Å². The summed E-state index contributed by atoms with van der Waals surface area (Å²) in [6.07, 6.45) is 5.74. The van der Waals surface area contributed by atoms with Gasteiger partial charge in [0.2, 0.25) is 18.2 Å². The SMILES string of the molecule is CC(C)N1CC2N(C(=O)C(NC=O)CN2S(=O)c2ccc(Cl)cc2Cl)C(Cc2ccc(NC(=O)c3ccc(Cl)cc3)cc2)C1=O.CC1CCCC1. The molecule has 1 aliphatic carbocycles. The number of rotatable bonds is 9. The number of halogens is 3. The highest BCUT2D eigenvalue weighted by Crippen LogP contribution is 2.33. The van der Waals surface area contributed by atoms with E-state index in [9.17, 15) is 23.4 Å². The van der Waals surface area contributed by atoms with Crippen LogP contribution < -0.4 is 10.6 Å². The second-order valence-electron chi connectivity index (χ2n) is 13.3. The van der Waals surface area contributed by atoms with Crippen molar-refractivity contribution >= 4 is 75.6 Å². The highest BCUT2D eigenvalue weighted by Gasteiger charge is 2.52. The number of nitrogens with zero attached hydrogens (tertiary/aromatic N) is 3. The molecule has 6 rings (SSSR count). The van der Waals surface area contributed by atoms with Crippen molar-refractivity contribution in [2.45, 2.75) is 82.1 Å². The lowest BCUT2D eigenvalue weighted by molar-refractivity contribution is -0.168. The van der Waals surface area contributed by atoms with Crippen LogP contribution in [0.4, 0.5) is 5.69 Å². The zero-order chi connectivity index (χ0) is 36.8. The fourth-order valence-electron chi connectivity index (χ4n) is 6.62. The number of carbonyl (C=O) groups excluding carboxylic acids is 4. The molecular weight excluding hydrogens is 733 g/mol. The molecule has 3 aliphatic rings. The molecule has 1 saturated carbocycles. The number of amides is 4. The maximum atomic E-state index is 14.0. The predicted octanol–water partition coefficient (Wildman–Crippen LogP) is 6.57. The van der Waals surface area contributed by atoms with E-state index in [-0.39, 0.29) is 42.4 Å². The Balaban J connectivity index is 0.000000761. The second kappa shape index (κ2) is 17.4. The van der Waals surface area contributed by atoms with Crippen LogP contribution in [-0.4, -0.2) is 79.8 Å². The maximum Gasteiger partial charge on any atom is 0.255 e. The third-order valence-corrected chi connectivity index (χ3v) is 11.9. The molecule has 3 fully saturated rings. The van der Waals surface area contributed by atoms with Gasteiger partial charge in [-0.15, -0.1) is 0 Å². The molecule has 3 aromatic rings. The summed E-state index contributed by atoms with van der Waals surface area (Å²) < 4.78 is 15.6. The highest BCUT2D eigenvalue weighted by molar-refractivity contribution is 7.82. The Morgan fingerprint density at radius 1 is 0.922 bits per heavy atom. The van der Waals surface area contributed by atoms with Crippen molar-refractivity contribution in [3.05, 3.63) is 92.9 Å². The fourth-order valence-corrected chi connectivity index (χ4v) is 8.69. The quantitative estimate of drug-likeness (QED) is 0.239. The Kier molecular flexibility index (Phi) is 13.2. The summed E-state index contributed by atoms with van der Waals surface area (Å²) in [5.74, 6) is 0.0247. The minimum Gasteiger partial charge on any atom is -0.346 e. The normalized spacial score (nSPS) is 21.5. The van der Waals surface area contributed by atoms with Crippen LogP contribution in [-0.2, 0) is 31.8 Å². The van der Waals surface area contributed by atoms with Crippen molar-refractivity contribution in [1.29, 1.82) is 0 Å². The molecule has 14 heteroatoms. The Hall–Kier alpha value is -3.48. The van der Waals surface area contributed by atoms with Gasteiger partial charge >= 0.3 is 0 Å². The van der Waals surface area contributed by atoms with Crippen molar-refractivity contribution in [2.24, 2.45) is 5.92 Å². The third kappa shape index (κ3) is 9.31. The van der Waals surface area contributed by atoms with E-state index in [0.29, 0.717) is 32.6 Å². The Bertz CT molecular complexity index is 1750. The minimum absolute atomic E-state index is 0.0564. The molecule has 10 nitrogen and oxygen atoms in total. The number of nitrogens with one attached hydrogen (secondary N) is 2. The average Bonchev–Trinajstić information content (AvgIpc) is 3.58. The van der Waals surface area contributed by atoms with Crippen molar-refractivity contribution in [3.63, 3.8) is 0 Å². The summed E-state index contributed by atoms with van der Waals surface area (Å²) in [6.45, 7) is 6.15. The number of hydrogen-bond donors (Lipinski definition) is 2. The van der Waals surface area contributed by atoms with Gasteiger partial charge in [-0.1, -0.05) is 79.5 Å². The van der Waals surface area contributed by atoms with Crippen LogP contribution >= 0.6 is 34.8 Å². The van der Waals surface area contributed by atoms with Gasteiger partial charge in [-0.25, -0.2) is 4.21 Å². The van der Waals surface area contributed by atoms with Gasteiger partial charge < -0.3 is 20.4 Å². The highest BCUT2D eigenvalue weighted by atomic mass is 35.5. The smallest absolute Gasteiger partial charge is 0.255 e. The van der Waals surface area contributed by atoms with E-state index < -0.39 is 35.1 Å². The Labute approximate surface area is 316 Å². The lowest BCUT2D eigenvalue weighted by Gasteiger charge is -2.54. The van der Waals surface area contributed by atoms with Crippen molar-refractivity contribution in [3.8, 4) is 0 Å². The van der Waals surface area contributed by atoms with Gasteiger partial charge in [0.05, 0.1) is 16.5 Å². The molecule has 2 saturated heterocycles. The van der Waals surface area contributed by atoms with Crippen LogP contribution in [0, 0.1) is 5.92 Å². The molecule has 0 bridgehead atoms. The first kappa shape index (κ1) is 38.7. The summed E-state index contributed by atoms with van der Waals surface area (Å²) in [7, 11) is -1.87. The van der Waals surface area contributed by atoms with E-state index in [1.165, 1.54) is 36.6 Å². The summed E-state index contributed by atoms with van der Waals surface area (Å²) in [5, 5.41) is 6.45. The molecule has 0 radical (unpaired) electrons. The van der Waals surface area contributed by atoms with Crippen LogP contribution in [0.3, 0.4) is 0 Å². The monoisotopic (exact) mass is 773 g/mol. The Morgan fingerprint density at radius 3 is 2.14 bits per heavy atom. The first-order valence-corrected chi connectivity index (χ1v) is 19.2. The van der Waals surface area contributed by atoms with E-state index >= 15 is 0 Å². The topological polar surface area (TPSA) is 119 Å². The van der Waals surface area contributed by atoms with Gasteiger partial charge in [0.15, 0.2) is 0 Å². The van der Waals surface area contributed by atoms with Crippen LogP contribution in [0.15, 0.2) is 71.6 Å². The standard InChI is InChI=1S/C31H30Cl3N5O5S.C6H12/c1-18(2)37-16-28-38(45(44)27-12-9-22(33)14-24(27)34)15-25(35-17-40)30(42)39(28)26(31(37)43)13-19-3-10-23(11-4-19)36-29(41)20-5-7-21(32)8-6-20;1-6-4-2-3-5-6/h3-12,14,17-18,25-26,28H,13,15-16H2,1-2H3,(H,35,40)(H,36,41);6H,2-5H2,1H3. The van der Waals surface area contributed by atoms with Gasteiger partial charge in [-0.3, -0.25) is 19.2 Å². The maximum absolute atomic E-state index is 14.0. The number of hydrogen-bond acceptors (Lipinski definition) is 5. The van der Waals surface area contributed by atoms with Crippen LogP contribution in [0.25, 0.3) is 0 Å². The second-order valence-corrected chi connectivity index (χ2v) is 16.0. The number of fused-ring (bicyclic) bond motifs is 1. The zero-order valence-corrected chi connectivity index (χ0v) is 31.8. The van der Waals surface area contributed by atoms with Crippen molar-refractivity contribution in [2.75, 3.05) is 18.4 Å². The predicted molar refractivity (Wildman–Crippen MR) is 201 cm³/mol. The zero-order valence-electron chi connectivity index (χ0n) is 28.7. The van der Waals surface area contributed by atoms with E-state index in [2.05, 4.69) is 17.6 Å².